The van der Waals surface area contributed by atoms with E-state index < -0.39 is 0 Å². The predicted octanol–water partition coefficient (Wildman–Crippen LogP) is 4.67. The largest absolute Gasteiger partial charge is 0.336 e. The lowest BCUT2D eigenvalue weighted by Crippen LogP contribution is -2.26. The van der Waals surface area contributed by atoms with Gasteiger partial charge in [-0.05, 0) is 52.7 Å². The van der Waals surface area contributed by atoms with Gasteiger partial charge in [0.1, 0.15) is 5.82 Å². The van der Waals surface area contributed by atoms with E-state index in [1.54, 1.807) is 46.3 Å². The summed E-state index contributed by atoms with van der Waals surface area (Å²) in [5, 5.41) is 6.34. The molecule has 0 aliphatic carbocycles. The Morgan fingerprint density at radius 3 is 2.68 bits per heavy atom. The van der Waals surface area contributed by atoms with Crippen molar-refractivity contribution in [3.63, 3.8) is 0 Å². The van der Waals surface area contributed by atoms with Gasteiger partial charge in [-0.1, -0.05) is 6.92 Å². The monoisotopic (exact) mass is 421 g/mol. The van der Waals surface area contributed by atoms with Crippen molar-refractivity contribution in [1.29, 1.82) is 0 Å². The molecule has 2 heterocycles. The van der Waals surface area contributed by atoms with Crippen LogP contribution in [0, 0.1) is 5.82 Å². The second-order valence-electron chi connectivity index (χ2n) is 5.64. The van der Waals surface area contributed by atoms with Gasteiger partial charge in [0.05, 0.1) is 29.7 Å². The molecule has 0 aliphatic heterocycles. The standard InChI is InChI=1S/C18H17BrFN3OS/c1-3-17-16(9-21-23(17)14-6-4-13(20)5-7-14)18(24)22(2)10-15-8-12(19)11-25-15/h4-9,11H,3,10H2,1-2H3. The number of hydrogen-bond acceptors (Lipinski definition) is 3. The van der Waals surface area contributed by atoms with E-state index in [1.165, 1.54) is 12.1 Å². The van der Waals surface area contributed by atoms with Crippen molar-refractivity contribution in [3.8, 4) is 5.69 Å². The number of thiophene rings is 1. The first kappa shape index (κ1) is 17.8. The van der Waals surface area contributed by atoms with E-state index in [1.807, 2.05) is 18.4 Å². The van der Waals surface area contributed by atoms with Gasteiger partial charge in [-0.15, -0.1) is 11.3 Å². The van der Waals surface area contributed by atoms with Gasteiger partial charge < -0.3 is 4.90 Å². The smallest absolute Gasteiger partial charge is 0.257 e. The van der Waals surface area contributed by atoms with E-state index in [-0.39, 0.29) is 11.7 Å². The summed E-state index contributed by atoms with van der Waals surface area (Å²) in [6.45, 7) is 2.52. The topological polar surface area (TPSA) is 38.1 Å². The van der Waals surface area contributed by atoms with Crippen molar-refractivity contribution in [1.82, 2.24) is 14.7 Å². The van der Waals surface area contributed by atoms with Crippen LogP contribution in [0.5, 0.6) is 0 Å². The van der Waals surface area contributed by atoms with E-state index in [9.17, 15) is 9.18 Å². The number of halogens is 2. The van der Waals surface area contributed by atoms with Gasteiger partial charge in [-0.2, -0.15) is 5.10 Å². The van der Waals surface area contributed by atoms with Gasteiger partial charge in [-0.25, -0.2) is 9.07 Å². The minimum absolute atomic E-state index is 0.0743. The Bertz CT molecular complexity index is 888. The number of hydrogen-bond donors (Lipinski definition) is 0. The summed E-state index contributed by atoms with van der Waals surface area (Å²) in [7, 11) is 1.78. The van der Waals surface area contributed by atoms with Crippen LogP contribution in [0.1, 0.15) is 27.9 Å². The van der Waals surface area contributed by atoms with Gasteiger partial charge in [0.25, 0.3) is 5.91 Å². The molecule has 1 amide bonds. The van der Waals surface area contributed by atoms with E-state index in [2.05, 4.69) is 21.0 Å². The van der Waals surface area contributed by atoms with Crippen LogP contribution >= 0.6 is 27.3 Å². The number of aromatic nitrogens is 2. The van der Waals surface area contributed by atoms with E-state index in [0.29, 0.717) is 18.5 Å². The molecule has 3 aromatic rings. The van der Waals surface area contributed by atoms with Crippen molar-refractivity contribution < 1.29 is 9.18 Å². The van der Waals surface area contributed by atoms with E-state index in [0.717, 1.165) is 20.7 Å². The summed E-state index contributed by atoms with van der Waals surface area (Å²) >= 11 is 5.03. The molecule has 130 valence electrons. The average molecular weight is 422 g/mol. The second kappa shape index (κ2) is 7.49. The highest BCUT2D eigenvalue weighted by molar-refractivity contribution is 9.10. The van der Waals surface area contributed by atoms with E-state index in [4.69, 9.17) is 0 Å². The van der Waals surface area contributed by atoms with Crippen LogP contribution in [0.15, 0.2) is 46.4 Å². The van der Waals surface area contributed by atoms with Gasteiger partial charge in [-0.3, -0.25) is 4.79 Å². The molecule has 1 aromatic carbocycles. The Kier molecular flexibility index (Phi) is 5.34. The van der Waals surface area contributed by atoms with E-state index >= 15 is 0 Å². The molecule has 4 nitrogen and oxygen atoms in total. The highest BCUT2D eigenvalue weighted by atomic mass is 79.9. The molecular weight excluding hydrogens is 405 g/mol. The van der Waals surface area contributed by atoms with Crippen molar-refractivity contribution >= 4 is 33.2 Å². The fourth-order valence-corrected chi connectivity index (χ4v) is 4.15. The molecule has 0 aliphatic rings. The zero-order valence-electron chi connectivity index (χ0n) is 13.9. The summed E-state index contributed by atoms with van der Waals surface area (Å²) in [6.07, 6.45) is 2.24. The first-order chi connectivity index (χ1) is 12.0. The Morgan fingerprint density at radius 2 is 2.08 bits per heavy atom. The quantitative estimate of drug-likeness (QED) is 0.600. The Morgan fingerprint density at radius 1 is 1.36 bits per heavy atom. The third kappa shape index (κ3) is 3.82. The minimum atomic E-state index is -0.299. The van der Waals surface area contributed by atoms with Gasteiger partial charge in [0.2, 0.25) is 0 Å². The number of carbonyl (C=O) groups excluding carboxylic acids is 1. The molecular formula is C18H17BrFN3OS. The zero-order valence-corrected chi connectivity index (χ0v) is 16.3. The summed E-state index contributed by atoms with van der Waals surface area (Å²) in [5.74, 6) is -0.373. The minimum Gasteiger partial charge on any atom is -0.336 e. The molecule has 0 N–H and O–H groups in total. The SMILES string of the molecule is CCc1c(C(=O)N(C)Cc2cc(Br)cs2)cnn1-c1ccc(F)cc1. The number of carbonyl (C=O) groups is 1. The van der Waals surface area contributed by atoms with Crippen molar-refractivity contribution in [2.45, 2.75) is 19.9 Å². The zero-order chi connectivity index (χ0) is 18.0. The van der Waals surface area contributed by atoms with Gasteiger partial charge in [0, 0.05) is 21.8 Å². The van der Waals surface area contributed by atoms with Crippen molar-refractivity contribution in [3.05, 3.63) is 68.3 Å². The number of rotatable bonds is 5. The molecule has 0 fully saturated rings. The maximum absolute atomic E-state index is 13.1. The van der Waals surface area contributed by atoms with Crippen molar-refractivity contribution in [2.75, 3.05) is 7.05 Å². The molecule has 0 bridgehead atoms. The van der Waals surface area contributed by atoms with Crippen LogP contribution in [0.2, 0.25) is 0 Å². The molecule has 0 spiro atoms. The summed E-state index contributed by atoms with van der Waals surface area (Å²) in [6, 6.07) is 8.10. The van der Waals surface area contributed by atoms with Crippen LogP contribution in [0.25, 0.3) is 5.69 Å². The fraction of sp³-hybridized carbons (Fsp3) is 0.222. The Labute approximate surface area is 158 Å². The summed E-state index contributed by atoms with van der Waals surface area (Å²) < 4.78 is 15.9. The first-order valence-corrected chi connectivity index (χ1v) is 9.48. The lowest BCUT2D eigenvalue weighted by Gasteiger charge is -2.16. The normalized spacial score (nSPS) is 10.9. The molecule has 0 radical (unpaired) electrons. The molecule has 0 unspecified atom stereocenters. The van der Waals surface area contributed by atoms with Crippen LogP contribution in [-0.4, -0.2) is 27.6 Å². The molecule has 25 heavy (non-hydrogen) atoms. The predicted molar refractivity (Wildman–Crippen MR) is 101 cm³/mol. The molecule has 0 saturated carbocycles. The summed E-state index contributed by atoms with van der Waals surface area (Å²) in [4.78, 5) is 15.6. The molecule has 3 rings (SSSR count). The third-order valence-electron chi connectivity index (χ3n) is 3.87. The second-order valence-corrected chi connectivity index (χ2v) is 7.55. The van der Waals surface area contributed by atoms with Crippen LogP contribution in [0.4, 0.5) is 4.39 Å². The third-order valence-corrected chi connectivity index (χ3v) is 5.55. The number of benzene rings is 1. The molecule has 0 saturated heterocycles. The van der Waals surface area contributed by atoms with Crippen LogP contribution < -0.4 is 0 Å². The number of nitrogens with zero attached hydrogens (tertiary/aromatic N) is 3. The highest BCUT2D eigenvalue weighted by Crippen LogP contribution is 2.22. The fourth-order valence-electron chi connectivity index (χ4n) is 2.65. The lowest BCUT2D eigenvalue weighted by atomic mass is 10.1. The lowest BCUT2D eigenvalue weighted by molar-refractivity contribution is 0.0785. The Balaban J connectivity index is 1.86. The van der Waals surface area contributed by atoms with Gasteiger partial charge >= 0.3 is 0 Å². The maximum atomic E-state index is 13.1. The molecule has 7 heteroatoms. The Hall–Kier alpha value is -1.99. The molecule has 0 atom stereocenters. The van der Waals surface area contributed by atoms with Crippen LogP contribution in [0.3, 0.4) is 0 Å². The van der Waals surface area contributed by atoms with Crippen LogP contribution in [-0.2, 0) is 13.0 Å². The average Bonchev–Trinajstić information content (AvgIpc) is 3.20. The first-order valence-electron chi connectivity index (χ1n) is 7.80. The highest BCUT2D eigenvalue weighted by Gasteiger charge is 2.20. The number of amides is 1. The van der Waals surface area contributed by atoms with Crippen molar-refractivity contribution in [2.24, 2.45) is 0 Å². The van der Waals surface area contributed by atoms with Gasteiger partial charge in [0.15, 0.2) is 0 Å². The molecule has 2 aromatic heterocycles. The summed E-state index contributed by atoms with van der Waals surface area (Å²) in [5.41, 5.74) is 2.13. The maximum Gasteiger partial charge on any atom is 0.257 e.